The maximum atomic E-state index is 11.4. The molecule has 0 saturated carbocycles. The van der Waals surface area contributed by atoms with E-state index in [2.05, 4.69) is 10.2 Å². The number of hydrogen-bond donors (Lipinski definition) is 3. The topological polar surface area (TPSA) is 100 Å². The first-order chi connectivity index (χ1) is 12.5. The van der Waals surface area contributed by atoms with Gasteiger partial charge < -0.3 is 14.9 Å². The molecule has 3 N–H and O–H groups in total. The average Bonchev–Trinajstić information content (AvgIpc) is 3.01. The quantitative estimate of drug-likeness (QED) is 0.575. The minimum absolute atomic E-state index is 0.0481. The molecule has 1 heterocycles. The number of aryl methyl sites for hydroxylation is 1. The van der Waals surface area contributed by atoms with Crippen LogP contribution in [0.1, 0.15) is 15.9 Å². The van der Waals surface area contributed by atoms with Crippen LogP contribution in [0.2, 0.25) is 0 Å². The summed E-state index contributed by atoms with van der Waals surface area (Å²) in [6.07, 6.45) is 0.452. The molecule has 8 heteroatoms. The molecule has 0 saturated heterocycles. The first-order valence-electron chi connectivity index (χ1n) is 7.85. The average molecular weight is 371 g/mol. The van der Waals surface area contributed by atoms with Gasteiger partial charge in [0.05, 0.1) is 18.2 Å². The van der Waals surface area contributed by atoms with Gasteiger partial charge in [0.15, 0.2) is 10.6 Å². The molecule has 3 aromatic rings. The van der Waals surface area contributed by atoms with Crippen molar-refractivity contribution in [3.05, 3.63) is 58.4 Å². The van der Waals surface area contributed by atoms with Crippen molar-refractivity contribution in [2.24, 2.45) is 0 Å². The van der Waals surface area contributed by atoms with Gasteiger partial charge in [0, 0.05) is 6.54 Å². The fourth-order valence-electron chi connectivity index (χ4n) is 2.73. The number of carboxylic acids is 1. The Morgan fingerprint density at radius 3 is 2.81 bits per heavy atom. The molecule has 2 aromatic carbocycles. The van der Waals surface area contributed by atoms with Crippen LogP contribution in [0, 0.1) is 4.77 Å². The van der Waals surface area contributed by atoms with Gasteiger partial charge in [0.25, 0.3) is 0 Å². The van der Waals surface area contributed by atoms with E-state index >= 15 is 0 Å². The number of phenolic OH excluding ortho intramolecular Hbond substituents is 1. The number of nitrogens with one attached hydrogen (secondary N) is 1. The summed E-state index contributed by atoms with van der Waals surface area (Å²) in [5.74, 6) is 0.114. The molecular weight excluding hydrogens is 354 g/mol. The Morgan fingerprint density at radius 2 is 2.08 bits per heavy atom. The second kappa shape index (κ2) is 7.40. The molecule has 26 heavy (non-hydrogen) atoms. The number of ether oxygens (including phenoxy) is 1. The lowest BCUT2D eigenvalue weighted by Gasteiger charge is -2.11. The minimum atomic E-state index is -0.970. The molecule has 0 aliphatic carbocycles. The molecule has 0 bridgehead atoms. The predicted octanol–water partition coefficient (Wildman–Crippen LogP) is 3.26. The summed E-state index contributed by atoms with van der Waals surface area (Å²) < 4.78 is 7.31. The fraction of sp³-hybridized carbons (Fsp3) is 0.167. The van der Waals surface area contributed by atoms with Crippen molar-refractivity contribution < 1.29 is 19.7 Å². The highest BCUT2D eigenvalue weighted by Crippen LogP contribution is 2.31. The number of carboxylic acid groups (broad SMARTS) is 1. The number of methoxy groups -OCH3 is 1. The van der Waals surface area contributed by atoms with E-state index in [1.54, 1.807) is 41.0 Å². The molecule has 0 aliphatic rings. The summed E-state index contributed by atoms with van der Waals surface area (Å²) in [5.41, 5.74) is 1.43. The van der Waals surface area contributed by atoms with E-state index in [0.717, 1.165) is 0 Å². The second-order valence-corrected chi connectivity index (χ2v) is 5.99. The van der Waals surface area contributed by atoms with Crippen molar-refractivity contribution in [3.63, 3.8) is 0 Å². The van der Waals surface area contributed by atoms with E-state index in [9.17, 15) is 15.0 Å². The van der Waals surface area contributed by atoms with Crippen molar-refractivity contribution in [3.8, 4) is 22.9 Å². The van der Waals surface area contributed by atoms with E-state index in [1.165, 1.54) is 13.2 Å². The zero-order valence-corrected chi connectivity index (χ0v) is 14.8. The zero-order valence-electron chi connectivity index (χ0n) is 14.0. The fourth-order valence-corrected chi connectivity index (χ4v) is 2.95. The number of aromatic hydroxyl groups is 1. The molecule has 0 fully saturated rings. The number of carbonyl (C=O) groups is 1. The molecule has 0 unspecified atom stereocenters. The van der Waals surface area contributed by atoms with Gasteiger partial charge in [-0.05, 0) is 48.5 Å². The molecule has 134 valence electrons. The molecule has 0 aliphatic heterocycles. The molecule has 1 aromatic heterocycles. The third kappa shape index (κ3) is 3.45. The number of hydrogen-bond acceptors (Lipinski definition) is 5. The van der Waals surface area contributed by atoms with Gasteiger partial charge in [-0.1, -0.05) is 18.2 Å². The lowest BCUT2D eigenvalue weighted by atomic mass is 10.0. The molecule has 3 rings (SSSR count). The van der Waals surface area contributed by atoms with Crippen molar-refractivity contribution in [1.29, 1.82) is 0 Å². The summed E-state index contributed by atoms with van der Waals surface area (Å²) in [5, 5.41) is 26.4. The summed E-state index contributed by atoms with van der Waals surface area (Å²) in [4.78, 5) is 11.4. The first kappa shape index (κ1) is 17.7. The molecule has 0 amide bonds. The summed E-state index contributed by atoms with van der Waals surface area (Å²) in [7, 11) is 1.54. The van der Waals surface area contributed by atoms with E-state index in [-0.39, 0.29) is 11.3 Å². The number of aromatic amines is 1. The van der Waals surface area contributed by atoms with Crippen LogP contribution in [0.3, 0.4) is 0 Å². The van der Waals surface area contributed by atoms with Crippen molar-refractivity contribution in [1.82, 2.24) is 14.8 Å². The molecule has 0 radical (unpaired) electrons. The van der Waals surface area contributed by atoms with E-state index in [1.807, 2.05) is 0 Å². The molecule has 0 atom stereocenters. The van der Waals surface area contributed by atoms with Crippen molar-refractivity contribution in [2.45, 2.75) is 13.0 Å². The Kier molecular flexibility index (Phi) is 5.04. The number of benzene rings is 2. The smallest absolute Gasteiger partial charge is 0.335 e. The normalized spacial score (nSPS) is 10.7. The van der Waals surface area contributed by atoms with Gasteiger partial charge in [-0.3, -0.25) is 9.67 Å². The van der Waals surface area contributed by atoms with Gasteiger partial charge in [0.1, 0.15) is 11.5 Å². The second-order valence-electron chi connectivity index (χ2n) is 5.60. The van der Waals surface area contributed by atoms with Gasteiger partial charge in [-0.25, -0.2) is 4.79 Å². The van der Waals surface area contributed by atoms with E-state index in [4.69, 9.17) is 17.0 Å². The number of aromatic carboxylic acids is 1. The number of H-pyrrole nitrogens is 1. The van der Waals surface area contributed by atoms with Gasteiger partial charge in [-0.15, -0.1) is 0 Å². The maximum Gasteiger partial charge on any atom is 0.335 e. The van der Waals surface area contributed by atoms with Crippen LogP contribution in [0.25, 0.3) is 11.4 Å². The van der Waals surface area contributed by atoms with E-state index in [0.29, 0.717) is 40.4 Å². The Hall–Kier alpha value is -3.13. The summed E-state index contributed by atoms with van der Waals surface area (Å²) in [6.45, 7) is 0.408. The number of phenols is 1. The SMILES string of the molecule is COc1ccc(O)c(-c2n[nH]c(=S)n2CCc2ccccc2C(=O)O)c1. The van der Waals surface area contributed by atoms with E-state index < -0.39 is 5.97 Å². The van der Waals surface area contributed by atoms with Crippen LogP contribution in [0.5, 0.6) is 11.5 Å². The Bertz CT molecular complexity index is 1010. The highest BCUT2D eigenvalue weighted by atomic mass is 32.1. The minimum Gasteiger partial charge on any atom is -0.507 e. The van der Waals surface area contributed by atoms with Gasteiger partial charge in [-0.2, -0.15) is 5.10 Å². The Morgan fingerprint density at radius 1 is 1.31 bits per heavy atom. The Balaban J connectivity index is 1.95. The summed E-state index contributed by atoms with van der Waals surface area (Å²) in [6, 6.07) is 11.7. The third-order valence-electron chi connectivity index (χ3n) is 4.06. The monoisotopic (exact) mass is 371 g/mol. The first-order valence-corrected chi connectivity index (χ1v) is 8.26. The molecule has 7 nitrogen and oxygen atoms in total. The number of aromatic nitrogens is 3. The number of rotatable bonds is 6. The number of nitrogens with zero attached hydrogens (tertiary/aromatic N) is 2. The van der Waals surface area contributed by atoms with Crippen LogP contribution >= 0.6 is 12.2 Å². The standard InChI is InChI=1S/C18H17N3O4S/c1-25-12-6-7-15(22)14(10-12)16-19-20-18(26)21(16)9-8-11-4-2-3-5-13(11)17(23)24/h2-7,10,22H,8-9H2,1H3,(H,20,26)(H,23,24). The summed E-state index contributed by atoms with van der Waals surface area (Å²) >= 11 is 5.29. The lowest BCUT2D eigenvalue weighted by molar-refractivity contribution is 0.0695. The van der Waals surface area contributed by atoms with Crippen LogP contribution in [-0.4, -0.2) is 38.1 Å². The van der Waals surface area contributed by atoms with Crippen molar-refractivity contribution >= 4 is 18.2 Å². The van der Waals surface area contributed by atoms with Crippen molar-refractivity contribution in [2.75, 3.05) is 7.11 Å². The predicted molar refractivity (Wildman–Crippen MR) is 98.2 cm³/mol. The molecular formula is C18H17N3O4S. The van der Waals surface area contributed by atoms with Gasteiger partial charge in [0.2, 0.25) is 0 Å². The zero-order chi connectivity index (χ0) is 18.7. The van der Waals surface area contributed by atoms with Crippen LogP contribution in [0.15, 0.2) is 42.5 Å². The Labute approximate surface area is 154 Å². The highest BCUT2D eigenvalue weighted by Gasteiger charge is 2.15. The van der Waals surface area contributed by atoms with Crippen LogP contribution < -0.4 is 4.74 Å². The largest absolute Gasteiger partial charge is 0.507 e. The van der Waals surface area contributed by atoms with Crippen LogP contribution in [-0.2, 0) is 13.0 Å². The van der Waals surface area contributed by atoms with Gasteiger partial charge >= 0.3 is 5.97 Å². The lowest BCUT2D eigenvalue weighted by Crippen LogP contribution is -2.08. The highest BCUT2D eigenvalue weighted by molar-refractivity contribution is 7.71. The maximum absolute atomic E-state index is 11.4. The molecule has 0 spiro atoms. The third-order valence-corrected chi connectivity index (χ3v) is 4.37. The van der Waals surface area contributed by atoms with Crippen LogP contribution in [0.4, 0.5) is 0 Å².